The van der Waals surface area contributed by atoms with Crippen LogP contribution in [-0.2, 0) is 0 Å². The molecule has 3 aromatic rings. The Morgan fingerprint density at radius 3 is 2.10 bits per heavy atom. The summed E-state index contributed by atoms with van der Waals surface area (Å²) in [7, 11) is 4.05. The summed E-state index contributed by atoms with van der Waals surface area (Å²) in [6, 6.07) is 23.4. The SMILES string of the molecule is CN(C)c1ccc(/C=C/C(=O)c2ccc3c(c2)C2CCC3c3ccccc32)cc1. The Balaban J connectivity index is 1.41. The fraction of sp³-hybridized carbons (Fsp3) is 0.222. The topological polar surface area (TPSA) is 20.3 Å². The monoisotopic (exact) mass is 379 g/mol. The van der Waals surface area contributed by atoms with Crippen molar-refractivity contribution in [2.75, 3.05) is 19.0 Å². The Kier molecular flexibility index (Phi) is 4.35. The fourth-order valence-corrected chi connectivity index (χ4v) is 4.93. The van der Waals surface area contributed by atoms with Gasteiger partial charge >= 0.3 is 0 Å². The van der Waals surface area contributed by atoms with Crippen LogP contribution in [0.25, 0.3) is 6.08 Å². The van der Waals surface area contributed by atoms with E-state index in [4.69, 9.17) is 0 Å². The normalized spacial score (nSPS) is 19.1. The number of benzene rings is 3. The second-order valence-corrected chi connectivity index (χ2v) is 8.34. The van der Waals surface area contributed by atoms with E-state index in [1.807, 2.05) is 38.4 Å². The molecule has 2 nitrogen and oxygen atoms in total. The summed E-state index contributed by atoms with van der Waals surface area (Å²) in [5.41, 5.74) is 8.69. The largest absolute Gasteiger partial charge is 0.378 e. The van der Waals surface area contributed by atoms with Crippen molar-refractivity contribution in [1.82, 2.24) is 0 Å². The molecular weight excluding hydrogens is 354 g/mol. The fourth-order valence-electron chi connectivity index (χ4n) is 4.93. The van der Waals surface area contributed by atoms with Gasteiger partial charge in [0.25, 0.3) is 0 Å². The van der Waals surface area contributed by atoms with E-state index in [-0.39, 0.29) is 5.78 Å². The smallest absolute Gasteiger partial charge is 0.185 e. The highest BCUT2D eigenvalue weighted by molar-refractivity contribution is 6.07. The molecule has 0 amide bonds. The van der Waals surface area contributed by atoms with E-state index in [9.17, 15) is 4.79 Å². The maximum atomic E-state index is 12.8. The van der Waals surface area contributed by atoms with Crippen molar-refractivity contribution < 1.29 is 4.79 Å². The van der Waals surface area contributed by atoms with Crippen LogP contribution in [-0.4, -0.2) is 19.9 Å². The number of carbonyl (C=O) groups excluding carboxylic acids is 1. The number of nitrogens with zero attached hydrogens (tertiary/aromatic N) is 1. The summed E-state index contributed by atoms with van der Waals surface area (Å²) in [5.74, 6) is 0.988. The third kappa shape index (κ3) is 3.09. The van der Waals surface area contributed by atoms with Gasteiger partial charge in [-0.2, -0.15) is 0 Å². The van der Waals surface area contributed by atoms with Gasteiger partial charge < -0.3 is 4.90 Å². The lowest BCUT2D eigenvalue weighted by atomic mass is 9.63. The van der Waals surface area contributed by atoms with E-state index >= 15 is 0 Å². The molecule has 29 heavy (non-hydrogen) atoms. The Bertz CT molecular complexity index is 1110. The number of hydrogen-bond donors (Lipinski definition) is 0. The first-order valence-corrected chi connectivity index (χ1v) is 10.3. The van der Waals surface area contributed by atoms with E-state index in [0.29, 0.717) is 11.8 Å². The molecule has 2 unspecified atom stereocenters. The van der Waals surface area contributed by atoms with Crippen molar-refractivity contribution in [2.45, 2.75) is 24.7 Å². The number of carbonyl (C=O) groups is 1. The van der Waals surface area contributed by atoms with Gasteiger partial charge in [0.05, 0.1) is 0 Å². The lowest BCUT2D eigenvalue weighted by Gasteiger charge is -2.40. The van der Waals surface area contributed by atoms with Crippen molar-refractivity contribution in [1.29, 1.82) is 0 Å². The van der Waals surface area contributed by atoms with E-state index in [1.54, 1.807) is 6.08 Å². The summed E-state index contributed by atoms with van der Waals surface area (Å²) in [6.45, 7) is 0. The molecule has 6 rings (SSSR count). The molecule has 0 N–H and O–H groups in total. The van der Waals surface area contributed by atoms with Crippen LogP contribution in [0.1, 0.15) is 62.9 Å². The van der Waals surface area contributed by atoms with Gasteiger partial charge in [0.2, 0.25) is 0 Å². The van der Waals surface area contributed by atoms with Gasteiger partial charge in [-0.25, -0.2) is 0 Å². The van der Waals surface area contributed by atoms with Gasteiger partial charge in [-0.1, -0.05) is 54.6 Å². The minimum Gasteiger partial charge on any atom is -0.378 e. The minimum absolute atomic E-state index is 0.0687. The Hall–Kier alpha value is -3.13. The second-order valence-electron chi connectivity index (χ2n) is 8.34. The highest BCUT2D eigenvalue weighted by atomic mass is 16.1. The van der Waals surface area contributed by atoms with E-state index in [1.165, 1.54) is 35.1 Å². The molecule has 0 aliphatic heterocycles. The Morgan fingerprint density at radius 2 is 1.45 bits per heavy atom. The van der Waals surface area contributed by atoms with Crippen LogP contribution in [0.3, 0.4) is 0 Å². The number of hydrogen-bond acceptors (Lipinski definition) is 2. The van der Waals surface area contributed by atoms with Crippen molar-refractivity contribution in [3.63, 3.8) is 0 Å². The van der Waals surface area contributed by atoms with Gasteiger partial charge in [-0.15, -0.1) is 0 Å². The molecular formula is C27H25NO. The molecule has 144 valence electrons. The summed E-state index contributed by atoms with van der Waals surface area (Å²) in [4.78, 5) is 14.9. The Labute approximate surface area is 172 Å². The van der Waals surface area contributed by atoms with Gasteiger partial charge in [0, 0.05) is 37.2 Å². The zero-order valence-electron chi connectivity index (χ0n) is 16.9. The molecule has 2 bridgehead atoms. The zero-order chi connectivity index (χ0) is 20.0. The first kappa shape index (κ1) is 17.9. The highest BCUT2D eigenvalue weighted by Crippen LogP contribution is 2.52. The summed E-state index contributed by atoms with van der Waals surface area (Å²) in [6.07, 6.45) is 6.00. The number of anilines is 1. The summed E-state index contributed by atoms with van der Waals surface area (Å²) < 4.78 is 0. The molecule has 3 aliphatic rings. The van der Waals surface area contributed by atoms with Crippen LogP contribution in [0, 0.1) is 0 Å². The predicted octanol–water partition coefficient (Wildman–Crippen LogP) is 6.02. The summed E-state index contributed by atoms with van der Waals surface area (Å²) in [5, 5.41) is 0. The van der Waals surface area contributed by atoms with E-state index in [2.05, 4.69) is 53.4 Å². The summed E-state index contributed by atoms with van der Waals surface area (Å²) >= 11 is 0. The molecule has 2 heteroatoms. The number of rotatable bonds is 4. The van der Waals surface area contributed by atoms with Crippen molar-refractivity contribution in [3.8, 4) is 0 Å². The van der Waals surface area contributed by atoms with Crippen molar-refractivity contribution in [3.05, 3.63) is 106 Å². The Morgan fingerprint density at radius 1 is 0.828 bits per heavy atom. The zero-order valence-corrected chi connectivity index (χ0v) is 16.9. The van der Waals surface area contributed by atoms with Crippen molar-refractivity contribution >= 4 is 17.5 Å². The lowest BCUT2D eigenvalue weighted by molar-refractivity contribution is 0.104. The standard InChI is InChI=1S/C27H25NO/c1-28(2)20-11-7-18(8-12-20)9-16-27(29)19-10-13-24-23-14-15-25(26(24)17-19)22-6-4-3-5-21(22)23/h3-13,16-17,23,25H,14-15H2,1-2H3/b16-9+. The first-order chi connectivity index (χ1) is 14.1. The molecule has 0 aromatic heterocycles. The average molecular weight is 380 g/mol. The average Bonchev–Trinajstić information content (AvgIpc) is 2.77. The molecule has 0 radical (unpaired) electrons. The molecule has 3 aromatic carbocycles. The van der Waals surface area contributed by atoms with Gasteiger partial charge in [-0.05, 0) is 64.9 Å². The van der Waals surface area contributed by atoms with Gasteiger partial charge in [0.15, 0.2) is 5.78 Å². The third-order valence-electron chi connectivity index (χ3n) is 6.45. The van der Waals surface area contributed by atoms with E-state index in [0.717, 1.165) is 16.8 Å². The van der Waals surface area contributed by atoms with Crippen LogP contribution >= 0.6 is 0 Å². The third-order valence-corrected chi connectivity index (χ3v) is 6.45. The molecule has 0 fully saturated rings. The predicted molar refractivity (Wildman–Crippen MR) is 120 cm³/mol. The number of allylic oxidation sites excluding steroid dienone is 1. The molecule has 0 heterocycles. The van der Waals surface area contributed by atoms with Crippen LogP contribution in [0.5, 0.6) is 0 Å². The maximum Gasteiger partial charge on any atom is 0.185 e. The highest BCUT2D eigenvalue weighted by Gasteiger charge is 2.37. The lowest BCUT2D eigenvalue weighted by Crippen LogP contribution is -2.25. The van der Waals surface area contributed by atoms with Gasteiger partial charge in [0.1, 0.15) is 0 Å². The van der Waals surface area contributed by atoms with Crippen LogP contribution in [0.2, 0.25) is 0 Å². The first-order valence-electron chi connectivity index (χ1n) is 10.3. The van der Waals surface area contributed by atoms with Crippen LogP contribution in [0.15, 0.2) is 72.8 Å². The second kappa shape index (κ2) is 7.04. The van der Waals surface area contributed by atoms with Crippen LogP contribution in [0.4, 0.5) is 5.69 Å². The van der Waals surface area contributed by atoms with Gasteiger partial charge in [-0.3, -0.25) is 4.79 Å². The maximum absolute atomic E-state index is 12.8. The number of fused-ring (bicyclic) bond motifs is 1. The molecule has 0 saturated heterocycles. The quantitative estimate of drug-likeness (QED) is 0.408. The molecule has 0 saturated carbocycles. The number of ketones is 1. The molecule has 0 spiro atoms. The molecule has 3 aliphatic carbocycles. The van der Waals surface area contributed by atoms with Crippen LogP contribution < -0.4 is 4.90 Å². The minimum atomic E-state index is 0.0687. The van der Waals surface area contributed by atoms with E-state index < -0.39 is 0 Å². The molecule has 2 atom stereocenters. The van der Waals surface area contributed by atoms with Crippen molar-refractivity contribution in [2.24, 2.45) is 0 Å².